The van der Waals surface area contributed by atoms with Crippen LogP contribution >= 0.6 is 35.0 Å². The fourth-order valence-corrected chi connectivity index (χ4v) is 3.81. The molecule has 166 valence electrons. The second-order valence-corrected chi connectivity index (χ2v) is 8.37. The molecule has 0 spiro atoms. The van der Waals surface area contributed by atoms with Crippen LogP contribution in [0.3, 0.4) is 0 Å². The predicted molar refractivity (Wildman–Crippen MR) is 124 cm³/mol. The van der Waals surface area contributed by atoms with Crippen molar-refractivity contribution in [3.05, 3.63) is 85.4 Å². The smallest absolute Gasteiger partial charge is 0.342 e. The Bertz CT molecular complexity index is 1380. The lowest BCUT2D eigenvalue weighted by atomic mass is 10.1. The molecule has 2 aromatic heterocycles. The number of hydrogen-bond acceptors (Lipinski definition) is 7. The summed E-state index contributed by atoms with van der Waals surface area (Å²) >= 11 is 12.9. The summed E-state index contributed by atoms with van der Waals surface area (Å²) in [4.78, 5) is 26.5. The van der Waals surface area contributed by atoms with Crippen LogP contribution in [0.25, 0.3) is 28.8 Å². The summed E-state index contributed by atoms with van der Waals surface area (Å²) in [7, 11) is 0. The van der Waals surface area contributed by atoms with Crippen LogP contribution in [0, 0.1) is 10.1 Å². The van der Waals surface area contributed by atoms with Crippen LogP contribution < -0.4 is 0 Å². The maximum atomic E-state index is 11.8. The molecule has 9 nitrogen and oxygen atoms in total. The lowest BCUT2D eigenvalue weighted by molar-refractivity contribution is -0.384. The van der Waals surface area contributed by atoms with E-state index in [1.807, 2.05) is 0 Å². The molecule has 2 heterocycles. The molecule has 4 aromatic rings. The molecule has 0 aliphatic heterocycles. The normalized spacial score (nSPS) is 11.5. The van der Waals surface area contributed by atoms with Gasteiger partial charge in [-0.05, 0) is 54.2 Å². The van der Waals surface area contributed by atoms with E-state index < -0.39 is 10.9 Å². The number of nitro groups is 1. The van der Waals surface area contributed by atoms with Crippen molar-refractivity contribution in [2.75, 3.05) is 0 Å². The number of halogens is 2. The number of nitrogens with zero attached hydrogens (tertiary/aromatic N) is 3. The molecule has 2 N–H and O–H groups in total. The van der Waals surface area contributed by atoms with E-state index in [0.29, 0.717) is 16.4 Å². The summed E-state index contributed by atoms with van der Waals surface area (Å²) < 4.78 is 5.67. The van der Waals surface area contributed by atoms with Crippen molar-refractivity contribution >= 4 is 52.7 Å². The first kappa shape index (κ1) is 22.6. The molecule has 2 aromatic carbocycles. The molecule has 0 saturated heterocycles. The number of hydrogen-bond donors (Lipinski definition) is 2. The van der Waals surface area contributed by atoms with Crippen molar-refractivity contribution < 1.29 is 19.2 Å². The van der Waals surface area contributed by atoms with Crippen LogP contribution in [0.2, 0.25) is 10.0 Å². The number of rotatable bonds is 7. The highest BCUT2D eigenvalue weighted by molar-refractivity contribution is 8.04. The molecule has 0 bridgehead atoms. The number of carbonyl (C=O) groups is 1. The van der Waals surface area contributed by atoms with Crippen molar-refractivity contribution in [1.29, 1.82) is 0 Å². The number of thioether (sulfide) groups is 1. The van der Waals surface area contributed by atoms with Gasteiger partial charge in [0.2, 0.25) is 5.16 Å². The van der Waals surface area contributed by atoms with Crippen LogP contribution in [-0.4, -0.2) is 31.2 Å². The summed E-state index contributed by atoms with van der Waals surface area (Å²) in [6, 6.07) is 14.0. The number of H-pyrrole nitrogens is 1. The summed E-state index contributed by atoms with van der Waals surface area (Å²) in [5.41, 5.74) is 0.909. The van der Waals surface area contributed by atoms with E-state index in [9.17, 15) is 20.0 Å². The van der Waals surface area contributed by atoms with Crippen LogP contribution in [0.4, 0.5) is 5.69 Å². The van der Waals surface area contributed by atoms with E-state index in [-0.39, 0.29) is 32.3 Å². The van der Waals surface area contributed by atoms with Gasteiger partial charge in [0.15, 0.2) is 5.82 Å². The second kappa shape index (κ2) is 9.49. The zero-order chi connectivity index (χ0) is 23.5. The Hall–Kier alpha value is -3.60. The highest BCUT2D eigenvalue weighted by Crippen LogP contribution is 2.34. The highest BCUT2D eigenvalue weighted by Gasteiger charge is 2.17. The third kappa shape index (κ3) is 5.25. The zero-order valence-corrected chi connectivity index (χ0v) is 18.7. The number of carboxylic acid groups (broad SMARTS) is 1. The van der Waals surface area contributed by atoms with Crippen molar-refractivity contribution in [3.8, 4) is 22.7 Å². The molecule has 0 aliphatic rings. The summed E-state index contributed by atoms with van der Waals surface area (Å²) in [6.07, 6.45) is 1.31. The average Bonchev–Trinajstić information content (AvgIpc) is 3.44. The van der Waals surface area contributed by atoms with Gasteiger partial charge in [-0.2, -0.15) is 0 Å². The molecule has 12 heteroatoms. The highest BCUT2D eigenvalue weighted by atomic mass is 35.5. The molecule has 4 rings (SSSR count). The largest absolute Gasteiger partial charge is 0.477 e. The van der Waals surface area contributed by atoms with Crippen LogP contribution in [-0.2, 0) is 4.79 Å². The van der Waals surface area contributed by atoms with Crippen molar-refractivity contribution in [1.82, 2.24) is 15.2 Å². The molecule has 0 atom stereocenters. The van der Waals surface area contributed by atoms with Gasteiger partial charge in [-0.3, -0.25) is 15.2 Å². The van der Waals surface area contributed by atoms with Gasteiger partial charge < -0.3 is 9.52 Å². The van der Waals surface area contributed by atoms with Gasteiger partial charge in [-0.25, -0.2) is 9.78 Å². The predicted octanol–water partition coefficient (Wildman–Crippen LogP) is 6.16. The van der Waals surface area contributed by atoms with Gasteiger partial charge in [0.1, 0.15) is 16.4 Å². The molecule has 0 saturated carbocycles. The van der Waals surface area contributed by atoms with Crippen LogP contribution in [0.5, 0.6) is 0 Å². The number of aromatic nitrogens is 3. The van der Waals surface area contributed by atoms with E-state index >= 15 is 0 Å². The number of aliphatic carboxylic acids is 1. The van der Waals surface area contributed by atoms with Gasteiger partial charge in [-0.15, -0.1) is 5.10 Å². The quantitative estimate of drug-likeness (QED) is 0.132. The van der Waals surface area contributed by atoms with Crippen LogP contribution in [0.1, 0.15) is 5.76 Å². The number of nitro benzene ring substituents is 1. The van der Waals surface area contributed by atoms with E-state index in [4.69, 9.17) is 27.6 Å². The molecular weight excluding hydrogens is 491 g/mol. The first-order valence-corrected chi connectivity index (χ1v) is 10.7. The Kier molecular flexibility index (Phi) is 6.50. The fourth-order valence-electron chi connectivity index (χ4n) is 2.78. The van der Waals surface area contributed by atoms with E-state index in [0.717, 1.165) is 17.3 Å². The van der Waals surface area contributed by atoms with Gasteiger partial charge in [0.25, 0.3) is 5.69 Å². The van der Waals surface area contributed by atoms with Crippen LogP contribution in [0.15, 0.2) is 69.1 Å². The monoisotopic (exact) mass is 502 g/mol. The Morgan fingerprint density at radius 3 is 2.61 bits per heavy atom. The summed E-state index contributed by atoms with van der Waals surface area (Å²) in [6.45, 7) is 0. The standard InChI is InChI=1S/C21H12Cl2N4O5S/c22-12-3-1-11(2-4-12)19-24-21(26-25-19)33-18(20(28)29)10-14-6-8-17(32-14)15-9-13(27(30)31)5-7-16(15)23/h1-10H,(H,28,29)(H,24,25,26)/b18-10-. The van der Waals surface area contributed by atoms with Gasteiger partial charge in [0.05, 0.1) is 9.95 Å². The number of furan rings is 1. The van der Waals surface area contributed by atoms with Gasteiger partial charge >= 0.3 is 5.97 Å². The molecule has 0 unspecified atom stereocenters. The summed E-state index contributed by atoms with van der Waals surface area (Å²) in [5.74, 6) is -0.276. The number of aromatic amines is 1. The number of carboxylic acids is 1. The average molecular weight is 503 g/mol. The van der Waals surface area contributed by atoms with Gasteiger partial charge in [0, 0.05) is 34.4 Å². The maximum Gasteiger partial charge on any atom is 0.342 e. The topological polar surface area (TPSA) is 135 Å². The van der Waals surface area contributed by atoms with Crippen molar-refractivity contribution in [2.45, 2.75) is 5.16 Å². The fraction of sp³-hybridized carbons (Fsp3) is 0. The number of benzene rings is 2. The Labute approximate surface area is 200 Å². The molecule has 33 heavy (non-hydrogen) atoms. The van der Waals surface area contributed by atoms with Crippen molar-refractivity contribution in [2.24, 2.45) is 0 Å². The first-order chi connectivity index (χ1) is 15.8. The molecule has 0 radical (unpaired) electrons. The molecule has 0 aliphatic carbocycles. The lowest BCUT2D eigenvalue weighted by Gasteiger charge is -2.01. The Morgan fingerprint density at radius 2 is 1.91 bits per heavy atom. The molecule has 0 fully saturated rings. The Morgan fingerprint density at radius 1 is 1.15 bits per heavy atom. The first-order valence-electron chi connectivity index (χ1n) is 9.15. The lowest BCUT2D eigenvalue weighted by Crippen LogP contribution is -1.97. The molecule has 0 amide bonds. The minimum absolute atomic E-state index is 0.0947. The molecular formula is C21H12Cl2N4O5S. The maximum absolute atomic E-state index is 11.8. The minimum Gasteiger partial charge on any atom is -0.477 e. The third-order valence-electron chi connectivity index (χ3n) is 4.32. The second-order valence-electron chi connectivity index (χ2n) is 6.51. The SMILES string of the molecule is O=C(O)/C(=C/c1ccc(-c2cc([N+](=O)[O-])ccc2Cl)o1)Sc1n[nH]c(-c2ccc(Cl)cc2)n1. The van der Waals surface area contributed by atoms with E-state index in [1.54, 1.807) is 30.3 Å². The third-order valence-corrected chi connectivity index (χ3v) is 5.78. The minimum atomic E-state index is -1.20. The van der Waals surface area contributed by atoms with Gasteiger partial charge in [-0.1, -0.05) is 23.2 Å². The Balaban J connectivity index is 1.58. The number of non-ortho nitro benzene ring substituents is 1. The summed E-state index contributed by atoms with van der Waals surface area (Å²) in [5, 5.41) is 28.5. The number of nitrogens with one attached hydrogen (secondary N) is 1. The van der Waals surface area contributed by atoms with E-state index in [2.05, 4.69) is 15.2 Å². The van der Waals surface area contributed by atoms with E-state index in [1.165, 1.54) is 30.3 Å². The van der Waals surface area contributed by atoms with Crippen molar-refractivity contribution in [3.63, 3.8) is 0 Å². The zero-order valence-electron chi connectivity index (χ0n) is 16.4.